The molecule has 0 aromatic heterocycles. The third kappa shape index (κ3) is 6.78. The standard InChI is InChI=1S/C12H10O.C8H8N2O2.BrH/c1-3-7-11(8-4-1)13-12-9-5-2-6-10-12;9-7(11)5-1-2-6(4-3-5)8(10)12;/h1-10H;1-4H,(H2,9,11)(H2,10,12);1H. The smallest absolute Gasteiger partial charge is 0.248 e. The van der Waals surface area contributed by atoms with Crippen molar-refractivity contribution in [3.63, 3.8) is 0 Å². The summed E-state index contributed by atoms with van der Waals surface area (Å²) in [6, 6.07) is 25.4. The van der Waals surface area contributed by atoms with Crippen molar-refractivity contribution in [1.82, 2.24) is 0 Å². The molecule has 3 rings (SSSR count). The van der Waals surface area contributed by atoms with Crippen LogP contribution in [0.4, 0.5) is 0 Å². The Balaban J connectivity index is 0.000000251. The molecule has 134 valence electrons. The van der Waals surface area contributed by atoms with E-state index in [2.05, 4.69) is 0 Å². The van der Waals surface area contributed by atoms with Crippen LogP contribution in [-0.4, -0.2) is 11.8 Å². The number of rotatable bonds is 4. The monoisotopic (exact) mass is 414 g/mol. The minimum atomic E-state index is -0.522. The number of ether oxygens (including phenoxy) is 1. The number of carbonyl (C=O) groups is 2. The van der Waals surface area contributed by atoms with Gasteiger partial charge in [0, 0.05) is 11.1 Å². The molecule has 0 fully saturated rings. The molecule has 4 N–H and O–H groups in total. The normalized spacial score (nSPS) is 9.08. The van der Waals surface area contributed by atoms with E-state index in [1.165, 1.54) is 24.3 Å². The molecule has 0 saturated carbocycles. The fourth-order valence-corrected chi connectivity index (χ4v) is 1.91. The summed E-state index contributed by atoms with van der Waals surface area (Å²) in [4.78, 5) is 21.2. The van der Waals surface area contributed by atoms with Crippen molar-refractivity contribution in [1.29, 1.82) is 0 Å². The predicted molar refractivity (Wildman–Crippen MR) is 107 cm³/mol. The van der Waals surface area contributed by atoms with Gasteiger partial charge in [0.1, 0.15) is 11.5 Å². The van der Waals surface area contributed by atoms with Crippen LogP contribution >= 0.6 is 17.0 Å². The van der Waals surface area contributed by atoms with Crippen LogP contribution in [0.25, 0.3) is 0 Å². The van der Waals surface area contributed by atoms with E-state index in [0.29, 0.717) is 11.1 Å². The van der Waals surface area contributed by atoms with Crippen molar-refractivity contribution < 1.29 is 14.3 Å². The number of para-hydroxylation sites is 2. The van der Waals surface area contributed by atoms with Gasteiger partial charge in [-0.2, -0.15) is 0 Å². The van der Waals surface area contributed by atoms with Gasteiger partial charge in [0.15, 0.2) is 0 Å². The zero-order chi connectivity index (χ0) is 18.1. The highest BCUT2D eigenvalue weighted by molar-refractivity contribution is 8.93. The van der Waals surface area contributed by atoms with Crippen molar-refractivity contribution >= 4 is 28.8 Å². The number of halogens is 1. The number of hydrogen-bond donors (Lipinski definition) is 2. The lowest BCUT2D eigenvalue weighted by Crippen LogP contribution is -2.13. The first-order valence-corrected chi connectivity index (χ1v) is 7.54. The summed E-state index contributed by atoms with van der Waals surface area (Å²) in [5.41, 5.74) is 10.7. The molecule has 5 nitrogen and oxygen atoms in total. The predicted octanol–water partition coefficient (Wildman–Crippen LogP) is 3.94. The Labute approximate surface area is 162 Å². The lowest BCUT2D eigenvalue weighted by molar-refractivity contribution is 0.0988. The maximum Gasteiger partial charge on any atom is 0.248 e. The quantitative estimate of drug-likeness (QED) is 0.676. The highest BCUT2D eigenvalue weighted by Crippen LogP contribution is 2.19. The number of nitrogens with two attached hydrogens (primary N) is 2. The van der Waals surface area contributed by atoms with Gasteiger partial charge < -0.3 is 16.2 Å². The maximum atomic E-state index is 10.6. The summed E-state index contributed by atoms with van der Waals surface area (Å²) in [6.45, 7) is 0. The number of primary amides is 2. The van der Waals surface area contributed by atoms with Gasteiger partial charge in [-0.15, -0.1) is 17.0 Å². The largest absolute Gasteiger partial charge is 0.457 e. The maximum absolute atomic E-state index is 10.6. The number of hydrogen-bond acceptors (Lipinski definition) is 3. The van der Waals surface area contributed by atoms with Crippen molar-refractivity contribution in [2.45, 2.75) is 0 Å². The third-order valence-corrected chi connectivity index (χ3v) is 3.18. The molecule has 6 heteroatoms. The summed E-state index contributed by atoms with van der Waals surface area (Å²) in [6.07, 6.45) is 0. The van der Waals surface area contributed by atoms with Crippen LogP contribution in [0.3, 0.4) is 0 Å². The van der Waals surface area contributed by atoms with E-state index < -0.39 is 11.8 Å². The fourth-order valence-electron chi connectivity index (χ4n) is 1.91. The molecule has 3 aromatic carbocycles. The summed E-state index contributed by atoms with van der Waals surface area (Å²) in [5.74, 6) is 0.694. The zero-order valence-electron chi connectivity index (χ0n) is 13.9. The first kappa shape index (κ1) is 20.9. The highest BCUT2D eigenvalue weighted by Gasteiger charge is 2.02. The van der Waals surface area contributed by atoms with Gasteiger partial charge in [-0.1, -0.05) is 36.4 Å². The van der Waals surface area contributed by atoms with E-state index in [1.807, 2.05) is 60.7 Å². The minimum Gasteiger partial charge on any atom is -0.457 e. The average molecular weight is 415 g/mol. The van der Waals surface area contributed by atoms with E-state index in [9.17, 15) is 9.59 Å². The molecular formula is C20H19BrN2O3. The molecule has 0 aliphatic heterocycles. The average Bonchev–Trinajstić information content (AvgIpc) is 2.64. The molecule has 2 amide bonds. The molecule has 0 spiro atoms. The van der Waals surface area contributed by atoms with Gasteiger partial charge in [-0.05, 0) is 48.5 Å². The van der Waals surface area contributed by atoms with Gasteiger partial charge in [-0.3, -0.25) is 9.59 Å². The topological polar surface area (TPSA) is 95.4 Å². The van der Waals surface area contributed by atoms with E-state index in [1.54, 1.807) is 0 Å². The van der Waals surface area contributed by atoms with Gasteiger partial charge in [-0.25, -0.2) is 0 Å². The zero-order valence-corrected chi connectivity index (χ0v) is 15.6. The molecule has 0 atom stereocenters. The lowest BCUT2D eigenvalue weighted by Gasteiger charge is -2.03. The second-order valence-electron chi connectivity index (χ2n) is 5.03. The van der Waals surface area contributed by atoms with Crippen LogP contribution in [0.2, 0.25) is 0 Å². The summed E-state index contributed by atoms with van der Waals surface area (Å²) < 4.78 is 5.58. The molecule has 0 radical (unpaired) electrons. The molecule has 0 aliphatic carbocycles. The Hall–Kier alpha value is -3.12. The van der Waals surface area contributed by atoms with Crippen molar-refractivity contribution in [2.75, 3.05) is 0 Å². The van der Waals surface area contributed by atoms with Crippen LogP contribution in [-0.2, 0) is 0 Å². The van der Waals surface area contributed by atoms with Crippen LogP contribution in [0.1, 0.15) is 20.7 Å². The summed E-state index contributed by atoms with van der Waals surface area (Å²) in [7, 11) is 0. The fraction of sp³-hybridized carbons (Fsp3) is 0. The molecular weight excluding hydrogens is 396 g/mol. The molecule has 0 unspecified atom stereocenters. The summed E-state index contributed by atoms with van der Waals surface area (Å²) in [5, 5.41) is 0. The van der Waals surface area contributed by atoms with Crippen LogP contribution in [0.15, 0.2) is 84.9 Å². The summed E-state index contributed by atoms with van der Waals surface area (Å²) >= 11 is 0. The van der Waals surface area contributed by atoms with E-state index >= 15 is 0 Å². The van der Waals surface area contributed by atoms with E-state index in [0.717, 1.165) is 11.5 Å². The van der Waals surface area contributed by atoms with Crippen LogP contribution in [0, 0.1) is 0 Å². The first-order valence-electron chi connectivity index (χ1n) is 7.54. The highest BCUT2D eigenvalue weighted by atomic mass is 79.9. The van der Waals surface area contributed by atoms with Crippen molar-refractivity contribution in [3.8, 4) is 11.5 Å². The van der Waals surface area contributed by atoms with Crippen LogP contribution < -0.4 is 16.2 Å². The van der Waals surface area contributed by atoms with Gasteiger partial charge in [0.25, 0.3) is 0 Å². The van der Waals surface area contributed by atoms with Crippen molar-refractivity contribution in [3.05, 3.63) is 96.1 Å². The second-order valence-corrected chi connectivity index (χ2v) is 5.03. The van der Waals surface area contributed by atoms with E-state index in [-0.39, 0.29) is 17.0 Å². The lowest BCUT2D eigenvalue weighted by atomic mass is 10.1. The Kier molecular flexibility index (Phi) is 8.60. The Bertz CT molecular complexity index is 752. The Morgan fingerprint density at radius 2 is 0.885 bits per heavy atom. The third-order valence-electron chi connectivity index (χ3n) is 3.18. The van der Waals surface area contributed by atoms with Gasteiger partial charge in [0.2, 0.25) is 11.8 Å². The molecule has 0 aliphatic rings. The van der Waals surface area contributed by atoms with Crippen molar-refractivity contribution in [2.24, 2.45) is 11.5 Å². The number of benzene rings is 3. The second kappa shape index (κ2) is 10.7. The Morgan fingerprint density at radius 3 is 1.15 bits per heavy atom. The molecule has 0 heterocycles. The molecule has 3 aromatic rings. The Morgan fingerprint density at radius 1 is 0.577 bits per heavy atom. The number of amides is 2. The van der Waals surface area contributed by atoms with Gasteiger partial charge in [0.05, 0.1) is 0 Å². The van der Waals surface area contributed by atoms with Gasteiger partial charge >= 0.3 is 0 Å². The SMILES string of the molecule is Br.NC(=O)c1ccc(C(N)=O)cc1.c1ccc(Oc2ccccc2)cc1. The molecule has 26 heavy (non-hydrogen) atoms. The van der Waals surface area contributed by atoms with Crippen LogP contribution in [0.5, 0.6) is 11.5 Å². The first-order chi connectivity index (χ1) is 12.1. The minimum absolute atomic E-state index is 0. The molecule has 0 saturated heterocycles. The van der Waals surface area contributed by atoms with E-state index in [4.69, 9.17) is 16.2 Å². The number of carbonyl (C=O) groups excluding carboxylic acids is 2. The molecule has 0 bridgehead atoms.